The number of halogens is 1. The van der Waals surface area contributed by atoms with E-state index in [2.05, 4.69) is 20.9 Å². The Morgan fingerprint density at radius 1 is 1.13 bits per heavy atom. The van der Waals surface area contributed by atoms with Crippen molar-refractivity contribution in [2.75, 3.05) is 7.11 Å². The van der Waals surface area contributed by atoms with E-state index >= 15 is 0 Å². The summed E-state index contributed by atoms with van der Waals surface area (Å²) in [5, 5.41) is 2.19. The predicted octanol–water partition coefficient (Wildman–Crippen LogP) is 5.05. The van der Waals surface area contributed by atoms with Crippen LogP contribution in [0.2, 0.25) is 0 Å². The normalized spacial score (nSPS) is 11.3. The van der Waals surface area contributed by atoms with Crippen LogP contribution in [0.5, 0.6) is 5.75 Å². The standard InChI is InChI=1S/C23H15BrN2O4S/c1-29-15-7-4-13(5-8-15)12-26-21(18-3-2-10-31-18)25-22-19(23(26)28)20(27)16-11-14(24)6-9-17(16)30-22/h2-11H,12H2,1H3. The quantitative estimate of drug-likeness (QED) is 0.326. The van der Waals surface area contributed by atoms with Crippen LogP contribution in [-0.2, 0) is 6.54 Å². The predicted molar refractivity (Wildman–Crippen MR) is 125 cm³/mol. The molecule has 3 heterocycles. The molecule has 154 valence electrons. The summed E-state index contributed by atoms with van der Waals surface area (Å²) in [6.45, 7) is 0.259. The zero-order valence-electron chi connectivity index (χ0n) is 16.3. The van der Waals surface area contributed by atoms with Crippen LogP contribution in [0.25, 0.3) is 32.8 Å². The van der Waals surface area contributed by atoms with Crippen molar-refractivity contribution in [2.45, 2.75) is 6.54 Å². The molecule has 3 aromatic heterocycles. The SMILES string of the molecule is COc1ccc(Cn2c(-c3cccs3)nc3oc4ccc(Br)cc4c(=O)c3c2=O)cc1. The van der Waals surface area contributed by atoms with Gasteiger partial charge in [-0.15, -0.1) is 11.3 Å². The van der Waals surface area contributed by atoms with Crippen LogP contribution in [-0.4, -0.2) is 16.7 Å². The number of fused-ring (bicyclic) bond motifs is 2. The number of aromatic nitrogens is 2. The summed E-state index contributed by atoms with van der Waals surface area (Å²) in [5.74, 6) is 1.19. The van der Waals surface area contributed by atoms with Crippen LogP contribution >= 0.6 is 27.3 Å². The van der Waals surface area contributed by atoms with E-state index in [1.54, 1.807) is 25.3 Å². The summed E-state index contributed by atoms with van der Waals surface area (Å²) in [6, 6.07) is 16.3. The Morgan fingerprint density at radius 3 is 2.65 bits per heavy atom. The molecular formula is C23H15BrN2O4S. The fraction of sp³-hybridized carbons (Fsp3) is 0.0870. The maximum Gasteiger partial charge on any atom is 0.269 e. The molecule has 6 nitrogen and oxygen atoms in total. The highest BCUT2D eigenvalue weighted by molar-refractivity contribution is 9.10. The van der Waals surface area contributed by atoms with Gasteiger partial charge in [0, 0.05) is 4.47 Å². The third-order valence-corrected chi connectivity index (χ3v) is 6.36. The van der Waals surface area contributed by atoms with Gasteiger partial charge >= 0.3 is 0 Å². The van der Waals surface area contributed by atoms with Crippen LogP contribution in [0.4, 0.5) is 0 Å². The molecule has 0 saturated heterocycles. The van der Waals surface area contributed by atoms with Gasteiger partial charge in [-0.25, -0.2) is 0 Å². The molecule has 5 aromatic rings. The van der Waals surface area contributed by atoms with Gasteiger partial charge in [0.1, 0.15) is 11.3 Å². The maximum atomic E-state index is 13.6. The van der Waals surface area contributed by atoms with Gasteiger partial charge in [0.25, 0.3) is 5.56 Å². The molecule has 8 heteroatoms. The lowest BCUT2D eigenvalue weighted by atomic mass is 10.2. The summed E-state index contributed by atoms with van der Waals surface area (Å²) in [5.41, 5.74) is 0.489. The first-order chi connectivity index (χ1) is 15.0. The minimum absolute atomic E-state index is 0.0409. The molecule has 0 aliphatic rings. The van der Waals surface area contributed by atoms with Gasteiger partial charge < -0.3 is 9.15 Å². The highest BCUT2D eigenvalue weighted by atomic mass is 79.9. The Kier molecular flexibility index (Phi) is 4.95. The summed E-state index contributed by atoms with van der Waals surface area (Å²) < 4.78 is 13.3. The molecule has 0 spiro atoms. The molecule has 0 fully saturated rings. The highest BCUT2D eigenvalue weighted by Gasteiger charge is 2.19. The summed E-state index contributed by atoms with van der Waals surface area (Å²) in [7, 11) is 1.60. The first-order valence-electron chi connectivity index (χ1n) is 9.39. The van der Waals surface area contributed by atoms with Crippen molar-refractivity contribution in [2.24, 2.45) is 0 Å². The summed E-state index contributed by atoms with van der Waals surface area (Å²) in [4.78, 5) is 32.2. The van der Waals surface area contributed by atoms with Gasteiger partial charge in [0.2, 0.25) is 11.1 Å². The Bertz CT molecular complexity index is 1540. The molecule has 0 unspecified atom stereocenters. The zero-order valence-corrected chi connectivity index (χ0v) is 18.7. The fourth-order valence-electron chi connectivity index (χ4n) is 3.46. The van der Waals surface area contributed by atoms with E-state index in [0.717, 1.165) is 20.7 Å². The number of thiophene rings is 1. The van der Waals surface area contributed by atoms with Crippen molar-refractivity contribution in [3.05, 3.63) is 90.6 Å². The smallest absolute Gasteiger partial charge is 0.269 e. The van der Waals surface area contributed by atoms with Gasteiger partial charge in [-0.05, 0) is 47.3 Å². The average molecular weight is 495 g/mol. The molecule has 31 heavy (non-hydrogen) atoms. The molecule has 0 atom stereocenters. The number of hydrogen-bond donors (Lipinski definition) is 0. The molecule has 0 bridgehead atoms. The van der Waals surface area contributed by atoms with Crippen LogP contribution in [0.15, 0.2) is 78.5 Å². The van der Waals surface area contributed by atoms with Crippen LogP contribution < -0.4 is 15.7 Å². The summed E-state index contributed by atoms with van der Waals surface area (Å²) in [6.07, 6.45) is 0. The van der Waals surface area contributed by atoms with Crippen molar-refractivity contribution >= 4 is 49.3 Å². The van der Waals surface area contributed by atoms with Crippen LogP contribution in [0.1, 0.15) is 5.56 Å². The maximum absolute atomic E-state index is 13.6. The lowest BCUT2D eigenvalue weighted by Crippen LogP contribution is -2.27. The van der Waals surface area contributed by atoms with E-state index in [1.165, 1.54) is 15.9 Å². The minimum Gasteiger partial charge on any atom is -0.497 e. The minimum atomic E-state index is -0.431. The molecule has 5 rings (SSSR count). The first-order valence-corrected chi connectivity index (χ1v) is 11.1. The topological polar surface area (TPSA) is 74.3 Å². The largest absolute Gasteiger partial charge is 0.497 e. The number of rotatable bonds is 4. The van der Waals surface area contributed by atoms with Gasteiger partial charge in [0.15, 0.2) is 11.2 Å². The van der Waals surface area contributed by atoms with Crippen molar-refractivity contribution in [1.82, 2.24) is 9.55 Å². The Balaban J connectivity index is 1.80. The number of hydrogen-bond acceptors (Lipinski definition) is 6. The van der Waals surface area contributed by atoms with E-state index in [1.807, 2.05) is 41.8 Å². The van der Waals surface area contributed by atoms with Crippen molar-refractivity contribution in [3.8, 4) is 16.5 Å². The van der Waals surface area contributed by atoms with Gasteiger partial charge in [0.05, 0.1) is 23.9 Å². The third kappa shape index (κ3) is 3.47. The second-order valence-corrected chi connectivity index (χ2v) is 8.77. The van der Waals surface area contributed by atoms with Crippen molar-refractivity contribution < 1.29 is 9.15 Å². The first kappa shape index (κ1) is 19.7. The lowest BCUT2D eigenvalue weighted by Gasteiger charge is -2.13. The monoisotopic (exact) mass is 494 g/mol. The van der Waals surface area contributed by atoms with E-state index in [4.69, 9.17) is 9.15 Å². The second-order valence-electron chi connectivity index (χ2n) is 6.90. The molecule has 0 radical (unpaired) electrons. The molecule has 0 aliphatic heterocycles. The van der Waals surface area contributed by atoms with E-state index in [0.29, 0.717) is 16.8 Å². The molecule has 0 amide bonds. The highest BCUT2D eigenvalue weighted by Crippen LogP contribution is 2.26. The number of methoxy groups -OCH3 is 1. The van der Waals surface area contributed by atoms with Crippen molar-refractivity contribution in [3.63, 3.8) is 0 Å². The van der Waals surface area contributed by atoms with Crippen molar-refractivity contribution in [1.29, 1.82) is 0 Å². The Labute approximate surface area is 188 Å². The van der Waals surface area contributed by atoms with Crippen LogP contribution in [0.3, 0.4) is 0 Å². The van der Waals surface area contributed by atoms with E-state index in [-0.39, 0.29) is 17.6 Å². The van der Waals surface area contributed by atoms with Gasteiger partial charge in [-0.1, -0.05) is 34.1 Å². The zero-order chi connectivity index (χ0) is 21.5. The molecule has 0 saturated carbocycles. The lowest BCUT2D eigenvalue weighted by molar-refractivity contribution is 0.414. The number of ether oxygens (including phenoxy) is 1. The van der Waals surface area contributed by atoms with E-state index in [9.17, 15) is 9.59 Å². The molecule has 0 N–H and O–H groups in total. The molecule has 0 aliphatic carbocycles. The van der Waals surface area contributed by atoms with Crippen LogP contribution in [0, 0.1) is 0 Å². The van der Waals surface area contributed by atoms with Gasteiger partial charge in [-0.2, -0.15) is 4.98 Å². The molecule has 2 aromatic carbocycles. The fourth-order valence-corrected chi connectivity index (χ4v) is 4.55. The Hall–Kier alpha value is -3.23. The Morgan fingerprint density at radius 2 is 1.94 bits per heavy atom. The van der Waals surface area contributed by atoms with Gasteiger partial charge in [-0.3, -0.25) is 14.2 Å². The number of nitrogens with zero attached hydrogens (tertiary/aromatic N) is 2. The van der Waals surface area contributed by atoms with E-state index < -0.39 is 11.0 Å². The molecular weight excluding hydrogens is 480 g/mol. The third-order valence-electron chi connectivity index (χ3n) is 5.00. The second kappa shape index (κ2) is 7.79. The number of benzene rings is 2. The average Bonchev–Trinajstić information content (AvgIpc) is 3.31. The summed E-state index contributed by atoms with van der Waals surface area (Å²) >= 11 is 4.83.